The van der Waals surface area contributed by atoms with Crippen LogP contribution < -0.4 is 15.9 Å². The Morgan fingerprint density at radius 2 is 0.636 bits per heavy atom. The molecule has 0 atom stereocenters. The molecule has 1 heteroatoms. The number of benzene rings is 3. The maximum atomic E-state index is 2.31. The third-order valence-electron chi connectivity index (χ3n) is 4.23. The molecule has 0 bridgehead atoms. The third kappa shape index (κ3) is 3.29. The van der Waals surface area contributed by atoms with Crippen LogP contribution in [0.2, 0.25) is 0 Å². The number of hydrogen-bond acceptors (Lipinski definition) is 0. The molecule has 0 N–H and O–H groups in total. The van der Waals surface area contributed by atoms with E-state index in [4.69, 9.17) is 0 Å². The second kappa shape index (κ2) is 6.46. The van der Waals surface area contributed by atoms with Crippen LogP contribution in [0.5, 0.6) is 0 Å². The van der Waals surface area contributed by atoms with Crippen molar-refractivity contribution in [1.82, 2.24) is 0 Å². The summed E-state index contributed by atoms with van der Waals surface area (Å²) >= 11 is 0. The molecule has 22 heavy (non-hydrogen) atoms. The molecule has 0 unspecified atom stereocenters. The van der Waals surface area contributed by atoms with Gasteiger partial charge in [-0.1, -0.05) is 0 Å². The molecule has 0 aliphatic carbocycles. The molecule has 0 fully saturated rings. The van der Waals surface area contributed by atoms with Crippen molar-refractivity contribution < 1.29 is 0 Å². The van der Waals surface area contributed by atoms with Crippen molar-refractivity contribution in [1.29, 1.82) is 0 Å². The molecule has 3 aromatic carbocycles. The maximum absolute atomic E-state index is 2.31. The Balaban J connectivity index is 2.10. The van der Waals surface area contributed by atoms with Crippen molar-refractivity contribution in [3.05, 3.63) is 89.5 Å². The van der Waals surface area contributed by atoms with Crippen LogP contribution in [-0.4, -0.2) is 0 Å². The van der Waals surface area contributed by atoms with Gasteiger partial charge in [0.25, 0.3) is 0 Å². The predicted octanol–water partition coefficient (Wildman–Crippen LogP) is 3.83. The van der Waals surface area contributed by atoms with Gasteiger partial charge in [-0.05, 0) is 0 Å². The van der Waals surface area contributed by atoms with Gasteiger partial charge in [0.1, 0.15) is 0 Å². The minimum absolute atomic E-state index is 1.32. The summed E-state index contributed by atoms with van der Waals surface area (Å²) in [4.78, 5) is 0. The van der Waals surface area contributed by atoms with Crippen molar-refractivity contribution in [2.75, 3.05) is 0 Å². The summed E-state index contributed by atoms with van der Waals surface area (Å²) in [7, 11) is -1.37. The van der Waals surface area contributed by atoms with Crippen LogP contribution in [0.1, 0.15) is 16.7 Å². The summed E-state index contributed by atoms with van der Waals surface area (Å²) in [6.45, 7) is 6.45. The first-order valence-corrected chi connectivity index (χ1v) is 9.56. The first-order chi connectivity index (χ1) is 10.6. The van der Waals surface area contributed by atoms with Gasteiger partial charge in [0, 0.05) is 0 Å². The first kappa shape index (κ1) is 15.0. The molecule has 0 radical (unpaired) electrons. The van der Waals surface area contributed by atoms with Crippen molar-refractivity contribution in [3.8, 4) is 0 Å². The number of rotatable bonds is 3. The van der Waals surface area contributed by atoms with Crippen molar-refractivity contribution in [2.45, 2.75) is 20.8 Å². The average Bonchev–Trinajstić information content (AvgIpc) is 2.53. The molecule has 3 aromatic rings. The molecule has 0 nitrogen and oxygen atoms in total. The van der Waals surface area contributed by atoms with Crippen LogP contribution in [-0.2, 0) is 0 Å². The Morgan fingerprint density at radius 1 is 0.409 bits per heavy atom. The minimum atomic E-state index is -1.37. The quantitative estimate of drug-likeness (QED) is 0.645. The molecule has 0 heterocycles. The summed E-state index contributed by atoms with van der Waals surface area (Å²) in [6.07, 6.45) is 0. The molecule has 0 aliphatic rings. The molecule has 3 rings (SSSR count). The summed E-state index contributed by atoms with van der Waals surface area (Å²) in [5.74, 6) is 0. The van der Waals surface area contributed by atoms with E-state index < -0.39 is 7.92 Å². The fourth-order valence-corrected chi connectivity index (χ4v) is 5.74. The van der Waals surface area contributed by atoms with Crippen molar-refractivity contribution in [3.63, 3.8) is 0 Å². The summed E-state index contributed by atoms with van der Waals surface area (Å²) in [5.41, 5.74) is 3.97. The predicted molar refractivity (Wildman–Crippen MR) is 102 cm³/mol. The normalized spacial score (nSPS) is 11.3. The van der Waals surface area contributed by atoms with Gasteiger partial charge in [0.05, 0.1) is 0 Å². The summed E-state index contributed by atoms with van der Waals surface area (Å²) in [6, 6.07) is 27.3. The van der Waals surface area contributed by atoms with Crippen LogP contribution in [0, 0.1) is 20.8 Å². The zero-order valence-electron chi connectivity index (χ0n) is 13.5. The van der Waals surface area contributed by atoms with Crippen LogP contribution in [0.3, 0.4) is 0 Å². The van der Waals surface area contributed by atoms with Gasteiger partial charge in [0.15, 0.2) is 0 Å². The Kier molecular flexibility index (Phi) is 4.41. The van der Waals surface area contributed by atoms with E-state index in [9.17, 15) is 0 Å². The monoisotopic (exact) mass is 306 g/mol. The van der Waals surface area contributed by atoms with E-state index >= 15 is 0 Å². The van der Waals surface area contributed by atoms with Gasteiger partial charge >= 0.3 is 134 Å². The summed E-state index contributed by atoms with van der Waals surface area (Å²) in [5, 5.41) is 4.45. The van der Waals surface area contributed by atoms with Crippen LogP contribution in [0.4, 0.5) is 0 Å². The number of hydrogen-bond donors (Lipinski definition) is 0. The average molecular weight is 306 g/mol. The van der Waals surface area contributed by atoms with Crippen LogP contribution in [0.15, 0.2) is 72.8 Å². The van der Waals surface area contributed by atoms with E-state index in [1.54, 1.807) is 0 Å². The Morgan fingerprint density at radius 3 is 0.864 bits per heavy atom. The van der Waals surface area contributed by atoms with E-state index in [0.29, 0.717) is 0 Å². The molecule has 0 aromatic heterocycles. The van der Waals surface area contributed by atoms with Crippen molar-refractivity contribution in [2.24, 2.45) is 0 Å². The Bertz CT molecular complexity index is 629. The zero-order chi connectivity index (χ0) is 15.5. The standard InChI is InChI=1S/C21H23P/c1-16-4-10-19(11-5-16)22(20-12-6-17(2)7-13-20)21-14-8-18(3)9-15-21/h4-15H,22H2,1-3H3. The van der Waals surface area contributed by atoms with Gasteiger partial charge in [0.2, 0.25) is 0 Å². The zero-order valence-corrected chi connectivity index (χ0v) is 14.7. The van der Waals surface area contributed by atoms with Gasteiger partial charge in [-0.25, -0.2) is 0 Å². The molecular weight excluding hydrogens is 283 g/mol. The van der Waals surface area contributed by atoms with E-state index in [-0.39, 0.29) is 0 Å². The van der Waals surface area contributed by atoms with E-state index in [1.807, 2.05) is 0 Å². The second-order valence-electron chi connectivity index (χ2n) is 6.17. The Labute approximate surface area is 134 Å². The molecular formula is C21H23P. The SMILES string of the molecule is Cc1ccc([PH2](c2ccc(C)cc2)c2ccc(C)cc2)cc1. The van der Waals surface area contributed by atoms with Crippen LogP contribution in [0.25, 0.3) is 0 Å². The fourth-order valence-electron chi connectivity index (χ4n) is 2.85. The molecule has 0 spiro atoms. The van der Waals surface area contributed by atoms with Crippen LogP contribution >= 0.6 is 7.92 Å². The third-order valence-corrected chi connectivity index (χ3v) is 7.39. The topological polar surface area (TPSA) is 0 Å². The molecule has 112 valence electrons. The van der Waals surface area contributed by atoms with Crippen molar-refractivity contribution >= 4 is 23.8 Å². The molecule has 0 amide bonds. The van der Waals surface area contributed by atoms with E-state index in [1.165, 1.54) is 32.6 Å². The van der Waals surface area contributed by atoms with Gasteiger partial charge in [-0.2, -0.15) is 0 Å². The van der Waals surface area contributed by atoms with Gasteiger partial charge in [-0.15, -0.1) is 0 Å². The fraction of sp³-hybridized carbons (Fsp3) is 0.143. The molecule has 0 saturated carbocycles. The van der Waals surface area contributed by atoms with E-state index in [0.717, 1.165) is 0 Å². The van der Waals surface area contributed by atoms with Gasteiger partial charge in [-0.3, -0.25) is 0 Å². The second-order valence-corrected chi connectivity index (χ2v) is 9.03. The first-order valence-electron chi connectivity index (χ1n) is 7.83. The Hall–Kier alpha value is -1.91. The summed E-state index contributed by atoms with van der Waals surface area (Å²) < 4.78 is 0. The molecule has 0 aliphatic heterocycles. The molecule has 0 saturated heterocycles. The van der Waals surface area contributed by atoms with Gasteiger partial charge < -0.3 is 0 Å². The van der Waals surface area contributed by atoms with E-state index in [2.05, 4.69) is 93.6 Å². The number of aryl methyl sites for hydroxylation is 3.